The van der Waals surface area contributed by atoms with E-state index in [0.717, 1.165) is 14.9 Å². The lowest BCUT2D eigenvalue weighted by atomic mass is 10.3. The van der Waals surface area contributed by atoms with Gasteiger partial charge in [0, 0.05) is 20.8 Å². The van der Waals surface area contributed by atoms with E-state index in [1.807, 2.05) is 18.4 Å². The van der Waals surface area contributed by atoms with E-state index in [0.29, 0.717) is 5.82 Å². The van der Waals surface area contributed by atoms with Crippen LogP contribution >= 0.6 is 27.3 Å². The zero-order valence-electron chi connectivity index (χ0n) is 9.05. The number of hydrogen-bond donors (Lipinski definition) is 1. The van der Waals surface area contributed by atoms with Gasteiger partial charge in [-0.3, -0.25) is 4.79 Å². The van der Waals surface area contributed by atoms with E-state index in [-0.39, 0.29) is 5.56 Å². The quantitative estimate of drug-likeness (QED) is 0.866. The Balaban J connectivity index is 2.36. The van der Waals surface area contributed by atoms with Crippen LogP contribution in [0.5, 0.6) is 0 Å². The first-order valence-electron chi connectivity index (χ1n) is 4.84. The van der Waals surface area contributed by atoms with Crippen LogP contribution in [0, 0.1) is 6.92 Å². The molecule has 17 heavy (non-hydrogen) atoms. The zero-order valence-corrected chi connectivity index (χ0v) is 11.5. The first-order chi connectivity index (χ1) is 8.06. The molecule has 0 unspecified atom stereocenters. The third-order valence-electron chi connectivity index (χ3n) is 2.07. The van der Waals surface area contributed by atoms with Gasteiger partial charge in [-0.05, 0) is 40.5 Å². The molecule has 4 nitrogen and oxygen atoms in total. The highest BCUT2D eigenvalue weighted by atomic mass is 79.9. The number of anilines is 1. The zero-order chi connectivity index (χ0) is 12.4. The van der Waals surface area contributed by atoms with Crippen molar-refractivity contribution < 1.29 is 0 Å². The van der Waals surface area contributed by atoms with Gasteiger partial charge in [0.1, 0.15) is 5.82 Å². The Labute approximate surface area is 111 Å². The predicted octanol–water partition coefficient (Wildman–Crippen LogP) is 2.45. The summed E-state index contributed by atoms with van der Waals surface area (Å²) in [5.74, 6) is 0.335. The third kappa shape index (κ3) is 2.83. The Morgan fingerprint density at radius 3 is 2.82 bits per heavy atom. The summed E-state index contributed by atoms with van der Waals surface area (Å²) in [6, 6.07) is 5.13. The number of nitrogens with two attached hydrogens (primary N) is 1. The molecule has 0 radical (unpaired) electrons. The van der Waals surface area contributed by atoms with Crippen molar-refractivity contribution in [3.63, 3.8) is 0 Å². The molecule has 2 aromatic rings. The van der Waals surface area contributed by atoms with Crippen LogP contribution in [-0.4, -0.2) is 10.9 Å². The summed E-state index contributed by atoms with van der Waals surface area (Å²) in [5, 5.41) is 6.02. The number of rotatable bonds is 2. The molecule has 0 fully saturated rings. The van der Waals surface area contributed by atoms with E-state index in [1.165, 1.54) is 22.1 Å². The molecule has 0 aliphatic carbocycles. The van der Waals surface area contributed by atoms with Crippen molar-refractivity contribution in [1.29, 1.82) is 0 Å². The number of halogens is 1. The standard InChI is InChI=1S/C11H10BrN3OS/c1-7-2-10(13)15(11(16)3-7)14-5-9-4-8(12)6-17-9/h2-6H,13H2,1H3/b14-5-. The molecule has 0 saturated heterocycles. The lowest BCUT2D eigenvalue weighted by molar-refractivity contribution is 0.844. The molecule has 0 bridgehead atoms. The minimum absolute atomic E-state index is 0.227. The molecule has 0 aromatic carbocycles. The van der Waals surface area contributed by atoms with Crippen LogP contribution in [0.1, 0.15) is 10.4 Å². The molecule has 2 N–H and O–H groups in total. The number of aryl methyl sites for hydroxylation is 1. The Hall–Kier alpha value is -1.40. The molecular formula is C11H10BrN3OS. The number of thiophene rings is 1. The van der Waals surface area contributed by atoms with E-state index in [2.05, 4.69) is 21.0 Å². The molecule has 6 heteroatoms. The molecule has 0 aliphatic heterocycles. The number of pyridine rings is 1. The normalized spacial score (nSPS) is 11.2. The minimum Gasteiger partial charge on any atom is -0.384 e. The van der Waals surface area contributed by atoms with Gasteiger partial charge in [-0.1, -0.05) is 0 Å². The molecule has 2 rings (SSSR count). The number of hydrogen-bond acceptors (Lipinski definition) is 4. The van der Waals surface area contributed by atoms with E-state index < -0.39 is 0 Å². The van der Waals surface area contributed by atoms with Crippen LogP contribution in [0.15, 0.2) is 37.9 Å². The maximum Gasteiger partial charge on any atom is 0.273 e. The van der Waals surface area contributed by atoms with Crippen molar-refractivity contribution in [2.75, 3.05) is 5.73 Å². The van der Waals surface area contributed by atoms with Crippen molar-refractivity contribution in [3.05, 3.63) is 48.8 Å². The van der Waals surface area contributed by atoms with Crippen LogP contribution in [0.4, 0.5) is 5.82 Å². The summed E-state index contributed by atoms with van der Waals surface area (Å²) in [7, 11) is 0. The van der Waals surface area contributed by atoms with Crippen molar-refractivity contribution in [2.45, 2.75) is 6.92 Å². The fourth-order valence-electron chi connectivity index (χ4n) is 1.35. The van der Waals surface area contributed by atoms with E-state index >= 15 is 0 Å². The van der Waals surface area contributed by atoms with Gasteiger partial charge in [0.15, 0.2) is 0 Å². The largest absolute Gasteiger partial charge is 0.384 e. The first-order valence-corrected chi connectivity index (χ1v) is 6.51. The lowest BCUT2D eigenvalue weighted by Gasteiger charge is -2.02. The number of nitrogens with zero attached hydrogens (tertiary/aromatic N) is 2. The van der Waals surface area contributed by atoms with Gasteiger partial charge in [0.25, 0.3) is 5.56 Å². The van der Waals surface area contributed by atoms with Crippen molar-refractivity contribution >= 4 is 39.3 Å². The van der Waals surface area contributed by atoms with Gasteiger partial charge in [-0.15, -0.1) is 11.3 Å². The lowest BCUT2D eigenvalue weighted by Crippen LogP contribution is -2.18. The van der Waals surface area contributed by atoms with Gasteiger partial charge in [-0.2, -0.15) is 9.78 Å². The second-order valence-corrected chi connectivity index (χ2v) is 5.38. The van der Waals surface area contributed by atoms with Gasteiger partial charge in [-0.25, -0.2) is 0 Å². The smallest absolute Gasteiger partial charge is 0.273 e. The summed E-state index contributed by atoms with van der Waals surface area (Å²) in [5.41, 5.74) is 6.34. The van der Waals surface area contributed by atoms with E-state index in [1.54, 1.807) is 12.3 Å². The highest BCUT2D eigenvalue weighted by Gasteiger charge is 2.00. The summed E-state index contributed by atoms with van der Waals surface area (Å²) >= 11 is 4.88. The molecule has 0 atom stereocenters. The van der Waals surface area contributed by atoms with Crippen LogP contribution in [0.2, 0.25) is 0 Å². The molecule has 0 amide bonds. The van der Waals surface area contributed by atoms with E-state index in [9.17, 15) is 4.79 Å². The van der Waals surface area contributed by atoms with Gasteiger partial charge < -0.3 is 5.73 Å². The molecule has 2 heterocycles. The summed E-state index contributed by atoms with van der Waals surface area (Å²) < 4.78 is 2.17. The average Bonchev–Trinajstić information content (AvgIpc) is 2.62. The number of aromatic nitrogens is 1. The number of nitrogen functional groups attached to an aromatic ring is 1. The Kier molecular flexibility index (Phi) is 3.44. The molecule has 0 saturated carbocycles. The topological polar surface area (TPSA) is 60.4 Å². The first kappa shape index (κ1) is 12.1. The van der Waals surface area contributed by atoms with Crippen molar-refractivity contribution in [1.82, 2.24) is 4.68 Å². The van der Waals surface area contributed by atoms with Gasteiger partial charge in [0.2, 0.25) is 0 Å². The second kappa shape index (κ2) is 4.85. The van der Waals surface area contributed by atoms with Crippen LogP contribution in [0.25, 0.3) is 0 Å². The monoisotopic (exact) mass is 311 g/mol. The summed E-state index contributed by atoms with van der Waals surface area (Å²) in [6.07, 6.45) is 1.61. The Morgan fingerprint density at radius 2 is 2.24 bits per heavy atom. The van der Waals surface area contributed by atoms with E-state index in [4.69, 9.17) is 5.73 Å². The highest BCUT2D eigenvalue weighted by molar-refractivity contribution is 9.10. The molecule has 0 spiro atoms. The average molecular weight is 312 g/mol. The molecule has 0 aliphatic rings. The molecule has 88 valence electrons. The Morgan fingerprint density at radius 1 is 1.47 bits per heavy atom. The highest BCUT2D eigenvalue weighted by Crippen LogP contribution is 2.18. The van der Waals surface area contributed by atoms with Crippen molar-refractivity contribution in [3.8, 4) is 0 Å². The van der Waals surface area contributed by atoms with Crippen LogP contribution < -0.4 is 11.3 Å². The molecule has 2 aromatic heterocycles. The maximum atomic E-state index is 11.7. The third-order valence-corrected chi connectivity index (χ3v) is 3.70. The Bertz CT molecular complexity index is 630. The second-order valence-electron chi connectivity index (χ2n) is 3.52. The summed E-state index contributed by atoms with van der Waals surface area (Å²) in [6.45, 7) is 1.82. The fraction of sp³-hybridized carbons (Fsp3) is 0.0909. The van der Waals surface area contributed by atoms with Crippen LogP contribution in [-0.2, 0) is 0 Å². The van der Waals surface area contributed by atoms with Gasteiger partial charge in [0.05, 0.1) is 6.21 Å². The molecular weight excluding hydrogens is 302 g/mol. The maximum absolute atomic E-state index is 11.7. The fourth-order valence-corrected chi connectivity index (χ4v) is 2.65. The van der Waals surface area contributed by atoms with Crippen LogP contribution in [0.3, 0.4) is 0 Å². The van der Waals surface area contributed by atoms with Crippen molar-refractivity contribution in [2.24, 2.45) is 5.10 Å². The SMILES string of the molecule is Cc1cc(N)n(/N=C\c2cc(Br)cs2)c(=O)c1. The predicted molar refractivity (Wildman–Crippen MR) is 74.9 cm³/mol. The summed E-state index contributed by atoms with van der Waals surface area (Å²) in [4.78, 5) is 12.6. The minimum atomic E-state index is -0.227. The van der Waals surface area contributed by atoms with Gasteiger partial charge >= 0.3 is 0 Å².